The molecule has 1 aromatic carbocycles. The number of nitrogens with one attached hydrogen (secondary N) is 2. The molecule has 0 radical (unpaired) electrons. The summed E-state index contributed by atoms with van der Waals surface area (Å²) < 4.78 is 0. The van der Waals surface area contributed by atoms with Crippen LogP contribution >= 0.6 is 0 Å². The molecule has 0 bridgehead atoms. The number of carboxylic acid groups (broad SMARTS) is 1. The first-order chi connectivity index (χ1) is 9.62. The lowest BCUT2D eigenvalue weighted by Gasteiger charge is -2.19. The normalized spacial score (nSPS) is 12.4. The Morgan fingerprint density at radius 1 is 1.14 bits per heavy atom. The van der Waals surface area contributed by atoms with Gasteiger partial charge in [0.2, 0.25) is 5.91 Å². The topological polar surface area (TPSA) is 95.5 Å². The van der Waals surface area contributed by atoms with E-state index in [9.17, 15) is 14.4 Å². The molecule has 2 amide bonds. The monoisotopic (exact) mass is 292 g/mol. The first-order valence-corrected chi connectivity index (χ1v) is 6.57. The highest BCUT2D eigenvalue weighted by atomic mass is 16.4. The molecule has 1 aromatic rings. The van der Waals surface area contributed by atoms with E-state index in [1.54, 1.807) is 39.0 Å². The summed E-state index contributed by atoms with van der Waals surface area (Å²) >= 11 is 0. The van der Waals surface area contributed by atoms with Crippen molar-refractivity contribution in [1.82, 2.24) is 5.32 Å². The van der Waals surface area contributed by atoms with E-state index in [-0.39, 0.29) is 11.5 Å². The number of carbonyl (C=O) groups excluding carboxylic acids is 2. The highest BCUT2D eigenvalue weighted by molar-refractivity contribution is 6.05. The highest BCUT2D eigenvalue weighted by Gasteiger charge is 2.23. The minimum absolute atomic E-state index is 0.225. The third-order valence-corrected chi connectivity index (χ3v) is 2.82. The van der Waals surface area contributed by atoms with Crippen LogP contribution in [0.1, 0.15) is 38.1 Å². The van der Waals surface area contributed by atoms with E-state index in [1.165, 1.54) is 13.0 Å². The Labute approximate surface area is 123 Å². The number of amides is 2. The summed E-state index contributed by atoms with van der Waals surface area (Å²) in [4.78, 5) is 34.9. The number of para-hydroxylation sites is 1. The molecule has 1 rings (SSSR count). The SMILES string of the molecule is CC(NC(=O)c1ccccc1NC(=O)C(C)(C)C)C(=O)O. The van der Waals surface area contributed by atoms with E-state index in [4.69, 9.17) is 5.11 Å². The second-order valence-corrected chi connectivity index (χ2v) is 5.78. The van der Waals surface area contributed by atoms with Gasteiger partial charge in [0.15, 0.2) is 0 Å². The Balaban J connectivity index is 2.97. The quantitative estimate of drug-likeness (QED) is 0.789. The summed E-state index contributed by atoms with van der Waals surface area (Å²) in [6, 6.07) is 5.46. The maximum Gasteiger partial charge on any atom is 0.325 e. The molecule has 3 N–H and O–H groups in total. The van der Waals surface area contributed by atoms with E-state index in [0.717, 1.165) is 0 Å². The second kappa shape index (κ2) is 6.39. The van der Waals surface area contributed by atoms with Crippen molar-refractivity contribution in [1.29, 1.82) is 0 Å². The van der Waals surface area contributed by atoms with E-state index in [2.05, 4.69) is 10.6 Å². The lowest BCUT2D eigenvalue weighted by atomic mass is 9.95. The Bertz CT molecular complexity index is 561. The zero-order valence-electron chi connectivity index (χ0n) is 12.6. The predicted molar refractivity (Wildman–Crippen MR) is 79.1 cm³/mol. The highest BCUT2D eigenvalue weighted by Crippen LogP contribution is 2.20. The van der Waals surface area contributed by atoms with E-state index in [1.807, 2.05) is 0 Å². The zero-order valence-corrected chi connectivity index (χ0v) is 12.6. The predicted octanol–water partition coefficient (Wildman–Crippen LogP) is 1.87. The smallest absolute Gasteiger partial charge is 0.325 e. The van der Waals surface area contributed by atoms with Crippen molar-refractivity contribution in [3.8, 4) is 0 Å². The number of rotatable bonds is 4. The van der Waals surface area contributed by atoms with Gasteiger partial charge in [0.05, 0.1) is 11.3 Å². The molecule has 0 saturated carbocycles. The van der Waals surface area contributed by atoms with Gasteiger partial charge >= 0.3 is 5.97 Å². The maximum atomic E-state index is 12.1. The van der Waals surface area contributed by atoms with Crippen molar-refractivity contribution < 1.29 is 19.5 Å². The Hall–Kier alpha value is -2.37. The molecule has 0 aliphatic carbocycles. The lowest BCUT2D eigenvalue weighted by Crippen LogP contribution is -2.39. The number of anilines is 1. The average molecular weight is 292 g/mol. The number of benzene rings is 1. The standard InChI is InChI=1S/C15H20N2O4/c1-9(13(19)20)16-12(18)10-7-5-6-8-11(10)17-14(21)15(2,3)4/h5-9H,1-4H3,(H,16,18)(H,17,21)(H,19,20). The molecule has 0 saturated heterocycles. The summed E-state index contributed by atoms with van der Waals surface area (Å²) in [5.74, 6) is -1.90. The van der Waals surface area contributed by atoms with Gasteiger partial charge < -0.3 is 15.7 Å². The van der Waals surface area contributed by atoms with Crippen LogP contribution < -0.4 is 10.6 Å². The number of aliphatic carboxylic acids is 1. The van der Waals surface area contributed by atoms with Crippen LogP contribution in [0.2, 0.25) is 0 Å². The lowest BCUT2D eigenvalue weighted by molar-refractivity contribution is -0.138. The van der Waals surface area contributed by atoms with Gasteiger partial charge in [-0.15, -0.1) is 0 Å². The molecule has 0 aliphatic heterocycles. The van der Waals surface area contributed by atoms with Crippen molar-refractivity contribution in [2.45, 2.75) is 33.7 Å². The summed E-state index contributed by atoms with van der Waals surface area (Å²) in [6.07, 6.45) is 0. The molecular weight excluding hydrogens is 272 g/mol. The largest absolute Gasteiger partial charge is 0.480 e. The van der Waals surface area contributed by atoms with E-state index in [0.29, 0.717) is 5.69 Å². The van der Waals surface area contributed by atoms with Crippen LogP contribution in [0, 0.1) is 5.41 Å². The number of carboxylic acids is 1. The summed E-state index contributed by atoms with van der Waals surface area (Å²) in [7, 11) is 0. The average Bonchev–Trinajstić information content (AvgIpc) is 2.37. The fraction of sp³-hybridized carbons (Fsp3) is 0.400. The molecule has 6 heteroatoms. The number of carbonyl (C=O) groups is 3. The van der Waals surface area contributed by atoms with Crippen LogP contribution in [-0.2, 0) is 9.59 Å². The van der Waals surface area contributed by atoms with Crippen LogP contribution in [0.25, 0.3) is 0 Å². The van der Waals surface area contributed by atoms with Gasteiger partial charge in [-0.2, -0.15) is 0 Å². The molecule has 1 atom stereocenters. The molecular formula is C15H20N2O4. The molecule has 0 spiro atoms. The van der Waals surface area contributed by atoms with Crippen molar-refractivity contribution >= 4 is 23.5 Å². The maximum absolute atomic E-state index is 12.1. The van der Waals surface area contributed by atoms with E-state index < -0.39 is 23.3 Å². The Morgan fingerprint density at radius 2 is 1.71 bits per heavy atom. The Morgan fingerprint density at radius 3 is 2.24 bits per heavy atom. The summed E-state index contributed by atoms with van der Waals surface area (Å²) in [5.41, 5.74) is -0.0199. The van der Waals surface area contributed by atoms with Gasteiger partial charge in [0.1, 0.15) is 6.04 Å². The van der Waals surface area contributed by atoms with Crippen LogP contribution in [-0.4, -0.2) is 28.9 Å². The third kappa shape index (κ3) is 4.59. The zero-order chi connectivity index (χ0) is 16.2. The van der Waals surface area contributed by atoms with Gasteiger partial charge in [-0.3, -0.25) is 14.4 Å². The van der Waals surface area contributed by atoms with Crippen molar-refractivity contribution in [3.63, 3.8) is 0 Å². The summed E-state index contributed by atoms with van der Waals surface area (Å²) in [5, 5.41) is 13.9. The van der Waals surface area contributed by atoms with Gasteiger partial charge in [-0.05, 0) is 19.1 Å². The molecule has 114 valence electrons. The molecule has 0 fully saturated rings. The molecule has 0 aliphatic rings. The summed E-state index contributed by atoms with van der Waals surface area (Å²) in [6.45, 7) is 6.66. The molecule has 21 heavy (non-hydrogen) atoms. The van der Waals surface area contributed by atoms with Crippen LogP contribution in [0.5, 0.6) is 0 Å². The minimum Gasteiger partial charge on any atom is -0.480 e. The van der Waals surface area contributed by atoms with Gasteiger partial charge in [-0.1, -0.05) is 32.9 Å². The van der Waals surface area contributed by atoms with Crippen molar-refractivity contribution in [3.05, 3.63) is 29.8 Å². The minimum atomic E-state index is -1.13. The first kappa shape index (κ1) is 16.7. The van der Waals surface area contributed by atoms with Crippen LogP contribution in [0.3, 0.4) is 0 Å². The van der Waals surface area contributed by atoms with Crippen molar-refractivity contribution in [2.75, 3.05) is 5.32 Å². The molecule has 6 nitrogen and oxygen atoms in total. The molecule has 0 heterocycles. The van der Waals surface area contributed by atoms with Crippen molar-refractivity contribution in [2.24, 2.45) is 5.41 Å². The second-order valence-electron chi connectivity index (χ2n) is 5.78. The molecule has 1 unspecified atom stereocenters. The fourth-order valence-electron chi connectivity index (χ4n) is 1.44. The van der Waals surface area contributed by atoms with Gasteiger partial charge in [0, 0.05) is 5.41 Å². The van der Waals surface area contributed by atoms with Crippen LogP contribution in [0.15, 0.2) is 24.3 Å². The van der Waals surface area contributed by atoms with Gasteiger partial charge in [0.25, 0.3) is 5.91 Å². The number of hydrogen-bond donors (Lipinski definition) is 3. The molecule has 0 aromatic heterocycles. The number of hydrogen-bond acceptors (Lipinski definition) is 3. The van der Waals surface area contributed by atoms with E-state index >= 15 is 0 Å². The van der Waals surface area contributed by atoms with Gasteiger partial charge in [-0.25, -0.2) is 0 Å². The third-order valence-electron chi connectivity index (χ3n) is 2.82. The first-order valence-electron chi connectivity index (χ1n) is 6.57. The van der Waals surface area contributed by atoms with Crippen LogP contribution in [0.4, 0.5) is 5.69 Å². The fourth-order valence-corrected chi connectivity index (χ4v) is 1.44. The Kier molecular flexibility index (Phi) is 5.07.